The molecule has 0 aliphatic carbocycles. The number of hydrogen-bond acceptors (Lipinski definition) is 4. The molecule has 0 spiro atoms. The van der Waals surface area contributed by atoms with Gasteiger partial charge in [-0.25, -0.2) is 9.48 Å². The van der Waals surface area contributed by atoms with E-state index in [-0.39, 0.29) is 12.1 Å². The van der Waals surface area contributed by atoms with E-state index in [0.717, 1.165) is 39.6 Å². The first-order valence-electron chi connectivity index (χ1n) is 13.2. The van der Waals surface area contributed by atoms with E-state index in [0.29, 0.717) is 23.7 Å². The lowest BCUT2D eigenvalue weighted by molar-refractivity contribution is 0.194. The van der Waals surface area contributed by atoms with Crippen LogP contribution >= 0.6 is 0 Å². The van der Waals surface area contributed by atoms with Crippen LogP contribution in [0.25, 0.3) is 11.5 Å². The maximum absolute atomic E-state index is 14.2. The summed E-state index contributed by atoms with van der Waals surface area (Å²) in [6, 6.07) is 27.3. The van der Waals surface area contributed by atoms with Crippen LogP contribution in [0.3, 0.4) is 0 Å². The Bertz CT molecular complexity index is 1690. The lowest BCUT2D eigenvalue weighted by Gasteiger charge is -2.31. The Balaban J connectivity index is 1.52. The second kappa shape index (κ2) is 10.3. The quantitative estimate of drug-likeness (QED) is 0.282. The van der Waals surface area contributed by atoms with Crippen LogP contribution in [0.15, 0.2) is 91.1 Å². The van der Waals surface area contributed by atoms with Crippen molar-refractivity contribution in [3.8, 4) is 23.0 Å². The standard InChI is InChI=1S/C32H31N5O3/c1-21-10-8-11-23(18-21)30-28-14-9-17-35(28)31-26(22(2)34-37(31)24-12-6-5-7-13-24)20-36(30)32(38)33-27-16-15-25(39-3)19-29(27)40-4/h5-19,30H,20H2,1-4H3,(H,33,38)/t30-/m0/s1. The van der Waals surface area contributed by atoms with Crippen molar-refractivity contribution in [3.05, 3.63) is 119 Å². The van der Waals surface area contributed by atoms with Crippen molar-refractivity contribution in [1.29, 1.82) is 0 Å². The maximum atomic E-state index is 14.2. The number of carbonyl (C=O) groups is 1. The topological polar surface area (TPSA) is 73.5 Å². The van der Waals surface area contributed by atoms with Crippen molar-refractivity contribution in [2.75, 3.05) is 19.5 Å². The van der Waals surface area contributed by atoms with Gasteiger partial charge in [-0.1, -0.05) is 48.0 Å². The number of urea groups is 1. The van der Waals surface area contributed by atoms with E-state index < -0.39 is 0 Å². The van der Waals surface area contributed by atoms with Crippen molar-refractivity contribution in [1.82, 2.24) is 19.2 Å². The molecule has 2 aromatic heterocycles. The molecule has 8 heteroatoms. The molecule has 6 rings (SSSR count). The lowest BCUT2D eigenvalue weighted by Crippen LogP contribution is -2.38. The van der Waals surface area contributed by atoms with E-state index in [2.05, 4.69) is 41.1 Å². The summed E-state index contributed by atoms with van der Waals surface area (Å²) in [5.74, 6) is 2.10. The summed E-state index contributed by atoms with van der Waals surface area (Å²) in [5, 5.41) is 8.03. The average Bonchev–Trinajstić information content (AvgIpc) is 3.53. The minimum atomic E-state index is -0.352. The smallest absolute Gasteiger partial charge is 0.323 e. The van der Waals surface area contributed by atoms with Gasteiger partial charge < -0.3 is 24.3 Å². The van der Waals surface area contributed by atoms with Gasteiger partial charge in [0.05, 0.1) is 49.6 Å². The van der Waals surface area contributed by atoms with Gasteiger partial charge in [-0.2, -0.15) is 5.10 Å². The van der Waals surface area contributed by atoms with Gasteiger partial charge in [-0.3, -0.25) is 0 Å². The van der Waals surface area contributed by atoms with Gasteiger partial charge in [-0.05, 0) is 55.8 Å². The Hall–Kier alpha value is -4.98. The summed E-state index contributed by atoms with van der Waals surface area (Å²) in [4.78, 5) is 16.1. The number of aromatic nitrogens is 3. The molecule has 0 saturated carbocycles. The van der Waals surface area contributed by atoms with Crippen LogP contribution < -0.4 is 14.8 Å². The SMILES string of the molecule is COc1ccc(NC(=O)N2Cc3c(C)nn(-c4ccccc4)c3-n3cccc3[C@@H]2c2cccc(C)c2)c(OC)c1. The second-order valence-corrected chi connectivity index (χ2v) is 9.88. The highest BCUT2D eigenvalue weighted by atomic mass is 16.5. The van der Waals surface area contributed by atoms with E-state index in [1.807, 2.05) is 65.2 Å². The molecule has 0 radical (unpaired) electrons. The number of para-hydroxylation sites is 1. The van der Waals surface area contributed by atoms with Gasteiger partial charge >= 0.3 is 6.03 Å². The predicted octanol–water partition coefficient (Wildman–Crippen LogP) is 6.43. The van der Waals surface area contributed by atoms with E-state index in [1.165, 1.54) is 0 Å². The third kappa shape index (κ3) is 4.37. The number of anilines is 1. The molecule has 40 heavy (non-hydrogen) atoms. The molecule has 1 N–H and O–H groups in total. The summed E-state index contributed by atoms with van der Waals surface area (Å²) >= 11 is 0. The van der Waals surface area contributed by atoms with Crippen LogP contribution in [0, 0.1) is 13.8 Å². The fourth-order valence-corrected chi connectivity index (χ4v) is 5.43. The van der Waals surface area contributed by atoms with Crippen LogP contribution in [0.4, 0.5) is 10.5 Å². The number of hydrogen-bond donors (Lipinski definition) is 1. The Labute approximate surface area is 233 Å². The van der Waals surface area contributed by atoms with Gasteiger partial charge in [0.15, 0.2) is 0 Å². The van der Waals surface area contributed by atoms with E-state index in [4.69, 9.17) is 14.6 Å². The summed E-state index contributed by atoms with van der Waals surface area (Å²) in [5.41, 5.74) is 6.49. The third-order valence-electron chi connectivity index (χ3n) is 7.36. The molecule has 1 aliphatic heterocycles. The first kappa shape index (κ1) is 25.3. The second-order valence-electron chi connectivity index (χ2n) is 9.88. The molecule has 0 unspecified atom stereocenters. The van der Waals surface area contributed by atoms with Crippen LogP contribution in [-0.4, -0.2) is 39.5 Å². The van der Waals surface area contributed by atoms with Crippen molar-refractivity contribution >= 4 is 11.7 Å². The molecule has 8 nitrogen and oxygen atoms in total. The molecule has 1 atom stereocenters. The molecule has 2 amide bonds. The Kier molecular flexibility index (Phi) is 6.51. The number of aryl methyl sites for hydroxylation is 2. The summed E-state index contributed by atoms with van der Waals surface area (Å²) in [7, 11) is 3.17. The van der Waals surface area contributed by atoms with E-state index in [1.54, 1.807) is 32.4 Å². The average molecular weight is 534 g/mol. The minimum Gasteiger partial charge on any atom is -0.497 e. The zero-order chi connectivity index (χ0) is 27.8. The van der Waals surface area contributed by atoms with Crippen LogP contribution in [0.1, 0.15) is 34.1 Å². The van der Waals surface area contributed by atoms with Crippen molar-refractivity contribution in [2.45, 2.75) is 26.4 Å². The molecule has 5 aromatic rings. The van der Waals surface area contributed by atoms with Gasteiger partial charge in [-0.15, -0.1) is 0 Å². The monoisotopic (exact) mass is 533 g/mol. The van der Waals surface area contributed by atoms with Gasteiger partial charge in [0.25, 0.3) is 0 Å². The molecular weight excluding hydrogens is 502 g/mol. The first-order valence-corrected chi connectivity index (χ1v) is 13.2. The molecule has 1 aliphatic rings. The number of fused-ring (bicyclic) bond motifs is 3. The zero-order valence-electron chi connectivity index (χ0n) is 23.0. The first-order chi connectivity index (χ1) is 19.5. The van der Waals surface area contributed by atoms with Crippen molar-refractivity contribution < 1.29 is 14.3 Å². The predicted molar refractivity (Wildman–Crippen MR) is 155 cm³/mol. The number of methoxy groups -OCH3 is 2. The molecule has 0 fully saturated rings. The van der Waals surface area contributed by atoms with Crippen molar-refractivity contribution in [3.63, 3.8) is 0 Å². The number of carbonyl (C=O) groups excluding carboxylic acids is 1. The maximum Gasteiger partial charge on any atom is 0.323 e. The number of ether oxygens (including phenoxy) is 2. The summed E-state index contributed by atoms with van der Waals surface area (Å²) < 4.78 is 15.0. The number of benzene rings is 3. The largest absolute Gasteiger partial charge is 0.497 e. The number of rotatable bonds is 5. The Morgan fingerprint density at radius 2 is 1.75 bits per heavy atom. The van der Waals surface area contributed by atoms with Gasteiger partial charge in [0.2, 0.25) is 0 Å². The van der Waals surface area contributed by atoms with Crippen LogP contribution in [-0.2, 0) is 6.54 Å². The zero-order valence-corrected chi connectivity index (χ0v) is 23.0. The number of amides is 2. The fourth-order valence-electron chi connectivity index (χ4n) is 5.43. The van der Waals surface area contributed by atoms with Gasteiger partial charge in [0.1, 0.15) is 17.3 Å². The lowest BCUT2D eigenvalue weighted by atomic mass is 10.00. The van der Waals surface area contributed by atoms with E-state index in [9.17, 15) is 4.79 Å². The highest BCUT2D eigenvalue weighted by molar-refractivity contribution is 5.92. The molecular formula is C32H31N5O3. The van der Waals surface area contributed by atoms with Crippen molar-refractivity contribution in [2.24, 2.45) is 0 Å². The molecule has 0 bridgehead atoms. The Morgan fingerprint density at radius 1 is 0.925 bits per heavy atom. The number of nitrogens with zero attached hydrogens (tertiary/aromatic N) is 4. The summed E-state index contributed by atoms with van der Waals surface area (Å²) in [6.45, 7) is 4.42. The molecule has 0 saturated heterocycles. The van der Waals surface area contributed by atoms with E-state index >= 15 is 0 Å². The molecule has 3 heterocycles. The van der Waals surface area contributed by atoms with Crippen LogP contribution in [0.5, 0.6) is 11.5 Å². The van der Waals surface area contributed by atoms with Gasteiger partial charge in [0, 0.05) is 17.8 Å². The highest BCUT2D eigenvalue weighted by Gasteiger charge is 2.36. The fraction of sp³-hybridized carbons (Fsp3) is 0.188. The normalized spacial score (nSPS) is 14.2. The molecule has 3 aromatic carbocycles. The number of nitrogens with one attached hydrogen (secondary N) is 1. The third-order valence-corrected chi connectivity index (χ3v) is 7.36. The summed E-state index contributed by atoms with van der Waals surface area (Å²) in [6.07, 6.45) is 2.05. The molecule has 202 valence electrons. The minimum absolute atomic E-state index is 0.248. The van der Waals surface area contributed by atoms with Crippen LogP contribution in [0.2, 0.25) is 0 Å². The Morgan fingerprint density at radius 3 is 2.50 bits per heavy atom. The highest BCUT2D eigenvalue weighted by Crippen LogP contribution is 2.39.